The molecule has 26 heavy (non-hydrogen) atoms. The van der Waals surface area contributed by atoms with Crippen molar-refractivity contribution < 1.29 is 8.42 Å². The Morgan fingerprint density at radius 3 is 2.73 bits per heavy atom. The van der Waals surface area contributed by atoms with Gasteiger partial charge in [0, 0.05) is 37.3 Å². The summed E-state index contributed by atoms with van der Waals surface area (Å²) in [6.07, 6.45) is 2.50. The van der Waals surface area contributed by atoms with E-state index >= 15 is 0 Å². The molecule has 0 N–H and O–H groups in total. The molecule has 1 fully saturated rings. The molecule has 2 aromatic heterocycles. The molecule has 0 spiro atoms. The molecule has 6 nitrogen and oxygen atoms in total. The Labute approximate surface area is 157 Å². The first-order valence-electron chi connectivity index (χ1n) is 8.43. The van der Waals surface area contributed by atoms with Gasteiger partial charge in [0.25, 0.3) is 0 Å². The molecule has 3 heterocycles. The third kappa shape index (κ3) is 3.22. The topological polar surface area (TPSA) is 68.1 Å². The SMILES string of the molecule is Cn1c(C2CCN(S(=O)(=O)Cc3ccc(Cl)cc3)C2)nc2cccnc21. The smallest absolute Gasteiger partial charge is 0.218 e. The number of hydrogen-bond acceptors (Lipinski definition) is 4. The van der Waals surface area contributed by atoms with Crippen molar-refractivity contribution in [1.82, 2.24) is 18.8 Å². The van der Waals surface area contributed by atoms with Gasteiger partial charge in [-0.25, -0.2) is 22.7 Å². The van der Waals surface area contributed by atoms with Gasteiger partial charge < -0.3 is 4.57 Å². The molecule has 1 unspecified atom stereocenters. The molecule has 1 aromatic carbocycles. The Morgan fingerprint density at radius 1 is 1.23 bits per heavy atom. The average Bonchev–Trinajstić information content (AvgIpc) is 3.23. The van der Waals surface area contributed by atoms with Crippen molar-refractivity contribution in [2.75, 3.05) is 13.1 Å². The van der Waals surface area contributed by atoms with Crippen LogP contribution in [0.2, 0.25) is 5.02 Å². The predicted molar refractivity (Wildman–Crippen MR) is 102 cm³/mol. The van der Waals surface area contributed by atoms with Crippen LogP contribution >= 0.6 is 11.6 Å². The van der Waals surface area contributed by atoms with Crippen LogP contribution in [0, 0.1) is 0 Å². The Morgan fingerprint density at radius 2 is 2.00 bits per heavy atom. The van der Waals surface area contributed by atoms with Crippen LogP contribution in [0.4, 0.5) is 0 Å². The molecule has 1 atom stereocenters. The second kappa shape index (κ2) is 6.64. The minimum absolute atomic E-state index is 0.0129. The third-order valence-corrected chi connectivity index (χ3v) is 6.90. The van der Waals surface area contributed by atoms with Gasteiger partial charge >= 0.3 is 0 Å². The highest BCUT2D eigenvalue weighted by molar-refractivity contribution is 7.88. The van der Waals surface area contributed by atoms with E-state index in [2.05, 4.69) is 9.97 Å². The second-order valence-electron chi connectivity index (χ2n) is 6.60. The lowest BCUT2D eigenvalue weighted by Crippen LogP contribution is -2.30. The van der Waals surface area contributed by atoms with Crippen molar-refractivity contribution in [2.24, 2.45) is 7.05 Å². The third-order valence-electron chi connectivity index (χ3n) is 4.83. The molecule has 0 bridgehead atoms. The van der Waals surface area contributed by atoms with Crippen LogP contribution in [0.1, 0.15) is 23.7 Å². The normalized spacial score (nSPS) is 18.6. The first-order chi connectivity index (χ1) is 12.4. The van der Waals surface area contributed by atoms with Crippen LogP contribution in [0.5, 0.6) is 0 Å². The summed E-state index contributed by atoms with van der Waals surface area (Å²) in [7, 11) is -1.44. The van der Waals surface area contributed by atoms with Crippen LogP contribution in [-0.2, 0) is 22.8 Å². The van der Waals surface area contributed by atoms with Gasteiger partial charge in [-0.15, -0.1) is 0 Å². The summed E-state index contributed by atoms with van der Waals surface area (Å²) in [4.78, 5) is 9.03. The first kappa shape index (κ1) is 17.5. The Bertz CT molecular complexity index is 1050. The number of aromatic nitrogens is 3. The van der Waals surface area contributed by atoms with Crippen LogP contribution in [0.3, 0.4) is 0 Å². The van der Waals surface area contributed by atoms with E-state index in [1.165, 1.54) is 0 Å². The lowest BCUT2D eigenvalue weighted by molar-refractivity contribution is 0.469. The van der Waals surface area contributed by atoms with Crippen LogP contribution in [0.25, 0.3) is 11.2 Å². The van der Waals surface area contributed by atoms with Gasteiger partial charge in [-0.1, -0.05) is 23.7 Å². The fourth-order valence-corrected chi connectivity index (χ4v) is 5.19. The van der Waals surface area contributed by atoms with Crippen molar-refractivity contribution in [1.29, 1.82) is 0 Å². The van der Waals surface area contributed by atoms with E-state index in [9.17, 15) is 8.42 Å². The number of aryl methyl sites for hydroxylation is 1. The van der Waals surface area contributed by atoms with E-state index in [1.54, 1.807) is 34.8 Å². The summed E-state index contributed by atoms with van der Waals surface area (Å²) >= 11 is 5.87. The molecule has 0 saturated carbocycles. The molecule has 3 aromatic rings. The van der Waals surface area contributed by atoms with E-state index in [4.69, 9.17) is 11.6 Å². The monoisotopic (exact) mass is 390 g/mol. The van der Waals surface area contributed by atoms with E-state index in [0.29, 0.717) is 18.1 Å². The molecule has 136 valence electrons. The molecule has 4 rings (SSSR count). The molecule has 0 amide bonds. The number of hydrogen-bond donors (Lipinski definition) is 0. The molecular formula is C18H19ClN4O2S. The summed E-state index contributed by atoms with van der Waals surface area (Å²) in [5.41, 5.74) is 2.40. The second-order valence-corrected chi connectivity index (χ2v) is 9.01. The van der Waals surface area contributed by atoms with Gasteiger partial charge in [0.2, 0.25) is 10.0 Å². The highest BCUT2D eigenvalue weighted by Crippen LogP contribution is 2.30. The van der Waals surface area contributed by atoms with Gasteiger partial charge in [-0.2, -0.15) is 0 Å². The molecule has 1 saturated heterocycles. The number of pyridine rings is 1. The summed E-state index contributed by atoms with van der Waals surface area (Å²) < 4.78 is 29.1. The Hall–Kier alpha value is -1.96. The molecule has 8 heteroatoms. The van der Waals surface area contributed by atoms with E-state index in [1.807, 2.05) is 23.7 Å². The summed E-state index contributed by atoms with van der Waals surface area (Å²) in [5.74, 6) is 0.957. The van der Waals surface area contributed by atoms with E-state index in [0.717, 1.165) is 29.0 Å². The van der Waals surface area contributed by atoms with Crippen molar-refractivity contribution in [2.45, 2.75) is 18.1 Å². The zero-order valence-electron chi connectivity index (χ0n) is 14.3. The highest BCUT2D eigenvalue weighted by atomic mass is 35.5. The van der Waals surface area contributed by atoms with Gasteiger partial charge in [0.05, 0.1) is 5.75 Å². The van der Waals surface area contributed by atoms with Crippen LogP contribution < -0.4 is 0 Å². The van der Waals surface area contributed by atoms with Gasteiger partial charge in [-0.3, -0.25) is 0 Å². The fourth-order valence-electron chi connectivity index (χ4n) is 3.48. The van der Waals surface area contributed by atoms with E-state index < -0.39 is 10.0 Å². The van der Waals surface area contributed by atoms with Gasteiger partial charge in [-0.05, 0) is 36.2 Å². The lowest BCUT2D eigenvalue weighted by atomic mass is 10.1. The van der Waals surface area contributed by atoms with Crippen molar-refractivity contribution in [3.63, 3.8) is 0 Å². The maximum absolute atomic E-state index is 12.8. The molecular weight excluding hydrogens is 372 g/mol. The van der Waals surface area contributed by atoms with Crippen LogP contribution in [-0.4, -0.2) is 40.3 Å². The molecule has 1 aliphatic heterocycles. The molecule has 0 aliphatic carbocycles. The number of sulfonamides is 1. The fraction of sp³-hybridized carbons (Fsp3) is 0.333. The number of fused-ring (bicyclic) bond motifs is 1. The standard InChI is InChI=1S/C18H19ClN4O2S/c1-22-17(21-16-3-2-9-20-18(16)22)14-8-10-23(11-14)26(24,25)12-13-4-6-15(19)7-5-13/h2-7,9,14H,8,10-12H2,1H3. The maximum atomic E-state index is 12.8. The zero-order valence-corrected chi connectivity index (χ0v) is 15.9. The summed E-state index contributed by atoms with van der Waals surface area (Å²) in [6.45, 7) is 0.963. The number of imidazole rings is 1. The number of benzene rings is 1. The molecule has 0 radical (unpaired) electrons. The van der Waals surface area contributed by atoms with Crippen molar-refractivity contribution in [3.8, 4) is 0 Å². The zero-order chi connectivity index (χ0) is 18.3. The number of halogens is 1. The predicted octanol–water partition coefficient (Wildman–Crippen LogP) is 2.94. The minimum Gasteiger partial charge on any atom is -0.316 e. The maximum Gasteiger partial charge on any atom is 0.218 e. The highest BCUT2D eigenvalue weighted by Gasteiger charge is 2.34. The summed E-state index contributed by atoms with van der Waals surface area (Å²) in [6, 6.07) is 10.7. The van der Waals surface area contributed by atoms with E-state index in [-0.39, 0.29) is 11.7 Å². The number of rotatable bonds is 4. The average molecular weight is 391 g/mol. The Kier molecular flexibility index (Phi) is 4.46. The van der Waals surface area contributed by atoms with Gasteiger partial charge in [0.1, 0.15) is 11.3 Å². The summed E-state index contributed by atoms with van der Waals surface area (Å²) in [5, 5.41) is 0.600. The minimum atomic E-state index is -3.37. The number of nitrogens with zero attached hydrogens (tertiary/aromatic N) is 4. The largest absolute Gasteiger partial charge is 0.316 e. The first-order valence-corrected chi connectivity index (χ1v) is 10.4. The lowest BCUT2D eigenvalue weighted by Gasteiger charge is -2.16. The molecule has 1 aliphatic rings. The quantitative estimate of drug-likeness (QED) is 0.686. The van der Waals surface area contributed by atoms with Crippen molar-refractivity contribution >= 4 is 32.8 Å². The van der Waals surface area contributed by atoms with Crippen molar-refractivity contribution in [3.05, 3.63) is 59.0 Å². The Balaban J connectivity index is 1.53. The van der Waals surface area contributed by atoms with Gasteiger partial charge in [0.15, 0.2) is 5.65 Å². The van der Waals surface area contributed by atoms with Crippen LogP contribution in [0.15, 0.2) is 42.6 Å².